The van der Waals surface area contributed by atoms with Crippen molar-refractivity contribution in [2.75, 3.05) is 14.2 Å². The maximum Gasteiger partial charge on any atom is 0.145 e. The first-order chi connectivity index (χ1) is 24.1. The zero-order valence-electron chi connectivity index (χ0n) is 27.7. The Balaban J connectivity index is 0.000000127. The topological polar surface area (TPSA) is 53.1 Å². The van der Waals surface area contributed by atoms with Crippen molar-refractivity contribution in [3.63, 3.8) is 0 Å². The molecule has 5 aromatic carbocycles. The third-order valence-corrected chi connectivity index (χ3v) is 10.6. The number of benzene rings is 5. The molecule has 0 bridgehead atoms. The lowest BCUT2D eigenvalue weighted by molar-refractivity contribution is 0.415. The van der Waals surface area contributed by atoms with Crippen molar-refractivity contribution in [3.8, 4) is 22.6 Å². The Hall–Kier alpha value is -5.88. The van der Waals surface area contributed by atoms with Crippen molar-refractivity contribution in [3.05, 3.63) is 131 Å². The Labute approximate surface area is 283 Å². The lowest BCUT2D eigenvalue weighted by Gasteiger charge is -2.20. The van der Waals surface area contributed by atoms with Crippen molar-refractivity contribution in [2.24, 2.45) is 0 Å². The molecule has 9 aromatic rings. The van der Waals surface area contributed by atoms with Gasteiger partial charge in [0.25, 0.3) is 0 Å². The molecule has 0 amide bonds. The quantitative estimate of drug-likeness (QED) is 0.181. The predicted molar refractivity (Wildman–Crippen MR) is 199 cm³/mol. The molecule has 49 heavy (non-hydrogen) atoms. The van der Waals surface area contributed by atoms with E-state index in [2.05, 4.69) is 94.6 Å². The lowest BCUT2D eigenvalue weighted by Crippen LogP contribution is -2.07. The molecule has 6 heteroatoms. The summed E-state index contributed by atoms with van der Waals surface area (Å²) in [5.41, 5.74) is 14.0. The van der Waals surface area contributed by atoms with Crippen molar-refractivity contribution in [1.29, 1.82) is 0 Å². The summed E-state index contributed by atoms with van der Waals surface area (Å²) in [6.45, 7) is 2.18. The Kier molecular flexibility index (Phi) is 6.07. The molecule has 2 aliphatic heterocycles. The van der Waals surface area contributed by atoms with Gasteiger partial charge in [0.2, 0.25) is 0 Å². The van der Waals surface area contributed by atoms with Crippen LogP contribution < -0.4 is 9.47 Å². The Bertz CT molecular complexity index is 2810. The first kappa shape index (κ1) is 28.2. The van der Waals surface area contributed by atoms with E-state index in [4.69, 9.17) is 19.4 Å². The summed E-state index contributed by atoms with van der Waals surface area (Å²) in [5, 5.41) is 7.40. The van der Waals surface area contributed by atoms with Crippen molar-refractivity contribution in [2.45, 2.75) is 32.6 Å². The van der Waals surface area contributed by atoms with Crippen LogP contribution in [0.5, 0.6) is 11.5 Å². The van der Waals surface area contributed by atoms with Gasteiger partial charge in [-0.3, -0.25) is 8.80 Å². The molecule has 0 aliphatic carbocycles. The van der Waals surface area contributed by atoms with E-state index in [1.54, 1.807) is 14.2 Å². The molecule has 238 valence electrons. The van der Waals surface area contributed by atoms with Gasteiger partial charge in [-0.25, -0.2) is 9.97 Å². The minimum atomic E-state index is 0.866. The van der Waals surface area contributed by atoms with Crippen LogP contribution >= 0.6 is 0 Å². The minimum Gasteiger partial charge on any atom is -0.497 e. The molecule has 2 aliphatic rings. The number of rotatable bonds is 3. The van der Waals surface area contributed by atoms with Gasteiger partial charge >= 0.3 is 0 Å². The SMILES string of the molecule is COc1ccc2c(c1)c1ncc3n1c1c(cc(-c4ccccc4)cc21)CC3.COc1ccc2c(c1)c1ncc3n1c1c(cc(C)cc21)CC3. The summed E-state index contributed by atoms with van der Waals surface area (Å²) < 4.78 is 15.6. The third kappa shape index (κ3) is 4.13. The molecule has 0 saturated heterocycles. The maximum absolute atomic E-state index is 5.48. The smallest absolute Gasteiger partial charge is 0.145 e. The summed E-state index contributed by atoms with van der Waals surface area (Å²) in [4.78, 5) is 9.47. The number of nitrogens with zero attached hydrogens (tertiary/aromatic N) is 4. The van der Waals surface area contributed by atoms with E-state index in [0.29, 0.717) is 0 Å². The number of imidazole rings is 2. The van der Waals surface area contributed by atoms with Crippen LogP contribution in [0, 0.1) is 6.92 Å². The number of hydrogen-bond donors (Lipinski definition) is 0. The Morgan fingerprint density at radius 1 is 0.510 bits per heavy atom. The minimum absolute atomic E-state index is 0.866. The van der Waals surface area contributed by atoms with E-state index in [0.717, 1.165) is 59.2 Å². The molecule has 6 nitrogen and oxygen atoms in total. The van der Waals surface area contributed by atoms with Gasteiger partial charge in [0, 0.05) is 45.3 Å². The third-order valence-electron chi connectivity index (χ3n) is 10.6. The van der Waals surface area contributed by atoms with Crippen LogP contribution in [-0.2, 0) is 25.7 Å². The van der Waals surface area contributed by atoms with Gasteiger partial charge in [0.1, 0.15) is 22.8 Å². The molecule has 0 N–H and O–H groups in total. The summed E-state index contributed by atoms with van der Waals surface area (Å²) >= 11 is 0. The van der Waals surface area contributed by atoms with Crippen molar-refractivity contribution >= 4 is 54.6 Å². The molecular weight excluding hydrogens is 604 g/mol. The fourth-order valence-corrected chi connectivity index (χ4v) is 8.34. The molecule has 11 rings (SSSR count). The highest BCUT2D eigenvalue weighted by atomic mass is 16.5. The van der Waals surface area contributed by atoms with Crippen molar-refractivity contribution < 1.29 is 9.47 Å². The van der Waals surface area contributed by atoms with E-state index in [1.807, 2.05) is 24.5 Å². The molecule has 6 heterocycles. The summed E-state index contributed by atoms with van der Waals surface area (Å²) in [7, 11) is 3.42. The van der Waals surface area contributed by atoms with Crippen LogP contribution in [0.3, 0.4) is 0 Å². The zero-order valence-corrected chi connectivity index (χ0v) is 27.7. The summed E-state index contributed by atoms with van der Waals surface area (Å²) in [5.74, 6) is 1.74. The molecule has 0 radical (unpaired) electrons. The highest BCUT2D eigenvalue weighted by molar-refractivity contribution is 6.15. The Morgan fingerprint density at radius 2 is 1.06 bits per heavy atom. The molecular formula is C43H34N4O2. The van der Waals surface area contributed by atoms with Crippen LogP contribution in [0.4, 0.5) is 0 Å². The highest BCUT2D eigenvalue weighted by Crippen LogP contribution is 2.40. The van der Waals surface area contributed by atoms with Gasteiger partial charge in [-0.15, -0.1) is 0 Å². The second-order valence-electron chi connectivity index (χ2n) is 13.4. The zero-order chi connectivity index (χ0) is 32.8. The largest absolute Gasteiger partial charge is 0.497 e. The number of pyridine rings is 2. The molecule has 0 atom stereocenters. The molecule has 0 spiro atoms. The van der Waals surface area contributed by atoms with Gasteiger partial charge in [0.05, 0.1) is 25.3 Å². The van der Waals surface area contributed by atoms with Crippen LogP contribution in [0.15, 0.2) is 103 Å². The predicted octanol–water partition coefficient (Wildman–Crippen LogP) is 9.47. The monoisotopic (exact) mass is 638 g/mol. The number of aromatic nitrogens is 4. The average molecular weight is 639 g/mol. The highest BCUT2D eigenvalue weighted by Gasteiger charge is 2.22. The Morgan fingerprint density at radius 3 is 1.63 bits per heavy atom. The van der Waals surface area contributed by atoms with Crippen molar-refractivity contribution in [1.82, 2.24) is 18.8 Å². The average Bonchev–Trinajstić information content (AvgIpc) is 3.80. The van der Waals surface area contributed by atoms with E-state index >= 15 is 0 Å². The maximum atomic E-state index is 5.48. The molecule has 0 fully saturated rings. The first-order valence-corrected chi connectivity index (χ1v) is 17.0. The summed E-state index contributed by atoms with van der Waals surface area (Å²) in [6.07, 6.45) is 8.29. The first-order valence-electron chi connectivity index (χ1n) is 17.0. The number of ether oxygens (including phenoxy) is 2. The van der Waals surface area contributed by atoms with Crippen LogP contribution in [0.1, 0.15) is 28.1 Å². The number of methoxy groups -OCH3 is 2. The van der Waals surface area contributed by atoms with E-state index in [1.165, 1.54) is 71.8 Å². The fourth-order valence-electron chi connectivity index (χ4n) is 8.34. The molecule has 4 aromatic heterocycles. The fraction of sp³-hybridized carbons (Fsp3) is 0.163. The second-order valence-corrected chi connectivity index (χ2v) is 13.4. The van der Waals surface area contributed by atoms with E-state index in [9.17, 15) is 0 Å². The normalized spacial score (nSPS) is 13.3. The van der Waals surface area contributed by atoms with Gasteiger partial charge in [-0.1, -0.05) is 42.0 Å². The molecule has 0 unspecified atom stereocenters. The van der Waals surface area contributed by atoms with Gasteiger partial charge in [0.15, 0.2) is 0 Å². The van der Waals surface area contributed by atoms with Crippen LogP contribution in [-0.4, -0.2) is 33.0 Å². The van der Waals surface area contributed by atoms with Gasteiger partial charge in [-0.05, 0) is 120 Å². The van der Waals surface area contributed by atoms with Gasteiger partial charge < -0.3 is 9.47 Å². The number of hydrogen-bond acceptors (Lipinski definition) is 4. The number of aryl methyl sites for hydroxylation is 5. The van der Waals surface area contributed by atoms with E-state index in [-0.39, 0.29) is 0 Å². The summed E-state index contributed by atoms with van der Waals surface area (Å²) in [6, 6.07) is 32.6. The number of fused-ring (bicyclic) bond motifs is 6. The van der Waals surface area contributed by atoms with Crippen LogP contribution in [0.25, 0.3) is 65.8 Å². The van der Waals surface area contributed by atoms with E-state index < -0.39 is 0 Å². The van der Waals surface area contributed by atoms with Crippen LogP contribution in [0.2, 0.25) is 0 Å². The standard InChI is InChI=1S/C24H18N2O.C19H16N2O/c1-27-19-9-10-20-21-12-17(15-5-3-2-4-6-15)11-16-7-8-18-14-25-24(22(20)13-19)26(18)23(16)21;1-11-7-12-3-4-13-10-20-19-17-9-14(22-2)5-6-15(17)16(8-11)18(12)21(13)19/h2-6,9-14H,7-8H2,1H3;5-10H,3-4H2,1-2H3. The second kappa shape index (κ2) is 10.6. The lowest BCUT2D eigenvalue weighted by atomic mass is 9.92. The van der Waals surface area contributed by atoms with Gasteiger partial charge in [-0.2, -0.15) is 0 Å². The molecule has 0 saturated carbocycles.